The molecule has 1 N–H and O–H groups in total. The van der Waals surface area contributed by atoms with Crippen LogP contribution >= 0.6 is 11.3 Å². The van der Waals surface area contributed by atoms with E-state index >= 15 is 0 Å². The molecular weight excluding hydrogens is 406 g/mol. The normalized spacial score (nSPS) is 10.8. The monoisotopic (exact) mass is 435 g/mol. The highest BCUT2D eigenvalue weighted by Gasteiger charge is 2.28. The summed E-state index contributed by atoms with van der Waals surface area (Å²) in [5.74, 6) is -0.725. The summed E-state index contributed by atoms with van der Waals surface area (Å²) in [6.07, 6.45) is 4.65. The Kier molecular flexibility index (Phi) is 8.35. The summed E-state index contributed by atoms with van der Waals surface area (Å²) >= 11 is 1.43. The zero-order valence-electron chi connectivity index (χ0n) is 18.1. The smallest absolute Gasteiger partial charge is 0.245 e. The van der Waals surface area contributed by atoms with Crippen LogP contribution in [-0.2, 0) is 9.59 Å². The molecule has 1 aromatic heterocycles. The molecule has 1 heterocycles. The van der Waals surface area contributed by atoms with Gasteiger partial charge in [-0.2, -0.15) is 0 Å². The molecule has 0 unspecified atom stereocenters. The second-order valence-electron chi connectivity index (χ2n) is 7.55. The van der Waals surface area contributed by atoms with Crippen molar-refractivity contribution in [2.75, 3.05) is 18.4 Å². The van der Waals surface area contributed by atoms with Gasteiger partial charge in [0.05, 0.1) is 12.5 Å². The van der Waals surface area contributed by atoms with E-state index in [2.05, 4.69) is 17.2 Å². The lowest BCUT2D eigenvalue weighted by Crippen LogP contribution is -2.41. The lowest BCUT2D eigenvalue weighted by atomic mass is 9.90. The Morgan fingerprint density at radius 1 is 1.00 bits per heavy atom. The number of nitrogens with one attached hydrogen (secondary N) is 1. The van der Waals surface area contributed by atoms with Gasteiger partial charge in [-0.1, -0.05) is 80.4 Å². The van der Waals surface area contributed by atoms with Gasteiger partial charge in [0.1, 0.15) is 0 Å². The summed E-state index contributed by atoms with van der Waals surface area (Å²) in [4.78, 5) is 33.4. The lowest BCUT2D eigenvalue weighted by molar-refractivity contribution is -0.135. The third kappa shape index (κ3) is 6.49. The number of carbonyl (C=O) groups is 2. The van der Waals surface area contributed by atoms with Crippen molar-refractivity contribution in [2.24, 2.45) is 0 Å². The molecule has 0 bridgehead atoms. The van der Waals surface area contributed by atoms with Crippen molar-refractivity contribution >= 4 is 28.3 Å². The number of anilines is 1. The van der Waals surface area contributed by atoms with Gasteiger partial charge in [-0.3, -0.25) is 9.59 Å². The van der Waals surface area contributed by atoms with Crippen LogP contribution in [0.2, 0.25) is 0 Å². The minimum atomic E-state index is -0.445. The van der Waals surface area contributed by atoms with Crippen LogP contribution in [0.4, 0.5) is 5.13 Å². The number of amides is 2. The molecule has 31 heavy (non-hydrogen) atoms. The predicted octanol–water partition coefficient (Wildman–Crippen LogP) is 5.24. The zero-order chi connectivity index (χ0) is 22.1. The summed E-state index contributed by atoms with van der Waals surface area (Å²) < 4.78 is 0. The number of benzene rings is 2. The number of carbonyl (C=O) groups excluding carboxylic acids is 2. The first kappa shape index (κ1) is 22.7. The molecule has 0 spiro atoms. The molecule has 0 radical (unpaired) electrons. The van der Waals surface area contributed by atoms with E-state index in [1.807, 2.05) is 67.6 Å². The average molecular weight is 436 g/mol. The van der Waals surface area contributed by atoms with Crippen molar-refractivity contribution < 1.29 is 9.59 Å². The Labute approximate surface area is 188 Å². The van der Waals surface area contributed by atoms with Crippen LogP contribution in [0.3, 0.4) is 0 Å². The number of thiazole rings is 1. The molecule has 2 aromatic carbocycles. The van der Waals surface area contributed by atoms with E-state index in [4.69, 9.17) is 0 Å². The van der Waals surface area contributed by atoms with Gasteiger partial charge in [0.25, 0.3) is 0 Å². The molecule has 162 valence electrons. The van der Waals surface area contributed by atoms with Crippen molar-refractivity contribution in [1.29, 1.82) is 0 Å². The number of hydrogen-bond donors (Lipinski definition) is 1. The summed E-state index contributed by atoms with van der Waals surface area (Å²) in [7, 11) is 0. The van der Waals surface area contributed by atoms with Crippen LogP contribution in [0.15, 0.2) is 66.9 Å². The summed E-state index contributed by atoms with van der Waals surface area (Å²) in [5, 5.41) is 3.39. The Balaban J connectivity index is 1.84. The van der Waals surface area contributed by atoms with Crippen LogP contribution in [-0.4, -0.2) is 34.8 Å². The Morgan fingerprint density at radius 2 is 1.61 bits per heavy atom. The number of aryl methyl sites for hydroxylation is 1. The molecule has 3 rings (SSSR count). The fourth-order valence-corrected chi connectivity index (χ4v) is 4.20. The average Bonchev–Trinajstić information content (AvgIpc) is 3.19. The number of hydrogen-bond acceptors (Lipinski definition) is 4. The second kappa shape index (κ2) is 11.4. The maximum atomic E-state index is 13.8. The molecule has 0 saturated heterocycles. The lowest BCUT2D eigenvalue weighted by Gasteiger charge is -2.27. The van der Waals surface area contributed by atoms with Gasteiger partial charge >= 0.3 is 0 Å². The Hall–Kier alpha value is -2.99. The highest BCUT2D eigenvalue weighted by atomic mass is 32.1. The maximum Gasteiger partial charge on any atom is 0.245 e. The summed E-state index contributed by atoms with van der Waals surface area (Å²) in [6.45, 7) is 4.63. The van der Waals surface area contributed by atoms with Crippen molar-refractivity contribution in [3.8, 4) is 0 Å². The Bertz CT molecular complexity index is 933. The molecule has 2 amide bonds. The zero-order valence-corrected chi connectivity index (χ0v) is 18.9. The fourth-order valence-electron chi connectivity index (χ4n) is 3.52. The van der Waals surface area contributed by atoms with Crippen LogP contribution in [0.25, 0.3) is 0 Å². The standard InChI is InChI=1S/C25H29N3O2S/c1-3-4-11-16-28(18-22(29)27-25-26-17-19(2)31-25)24(30)23(20-12-7-5-8-13-20)21-14-9-6-10-15-21/h5-10,12-15,17,23H,3-4,11,16,18H2,1-2H3,(H,26,27,29). The van der Waals surface area contributed by atoms with E-state index < -0.39 is 5.92 Å². The minimum Gasteiger partial charge on any atom is -0.333 e. The highest BCUT2D eigenvalue weighted by Crippen LogP contribution is 2.27. The van der Waals surface area contributed by atoms with Crippen molar-refractivity contribution in [2.45, 2.75) is 39.0 Å². The fraction of sp³-hybridized carbons (Fsp3) is 0.320. The highest BCUT2D eigenvalue weighted by molar-refractivity contribution is 7.15. The molecule has 6 heteroatoms. The SMILES string of the molecule is CCCCCN(CC(=O)Nc1ncc(C)s1)C(=O)C(c1ccccc1)c1ccccc1. The number of nitrogens with zero attached hydrogens (tertiary/aromatic N) is 2. The topological polar surface area (TPSA) is 62.3 Å². The van der Waals surface area contributed by atoms with Gasteiger partial charge < -0.3 is 10.2 Å². The molecule has 0 aliphatic rings. The van der Waals surface area contributed by atoms with E-state index in [1.54, 1.807) is 11.1 Å². The molecule has 3 aromatic rings. The van der Waals surface area contributed by atoms with Crippen LogP contribution in [0, 0.1) is 6.92 Å². The Morgan fingerprint density at radius 3 is 2.13 bits per heavy atom. The van der Waals surface area contributed by atoms with E-state index in [9.17, 15) is 9.59 Å². The largest absolute Gasteiger partial charge is 0.333 e. The molecule has 0 aliphatic carbocycles. The first-order valence-corrected chi connectivity index (χ1v) is 11.5. The molecule has 0 saturated carbocycles. The second-order valence-corrected chi connectivity index (χ2v) is 8.78. The molecular formula is C25H29N3O2S. The summed E-state index contributed by atoms with van der Waals surface area (Å²) in [5.41, 5.74) is 1.85. The van der Waals surface area contributed by atoms with Crippen LogP contribution in [0.5, 0.6) is 0 Å². The third-order valence-corrected chi connectivity index (χ3v) is 5.89. The van der Waals surface area contributed by atoms with Crippen molar-refractivity contribution in [1.82, 2.24) is 9.88 Å². The van der Waals surface area contributed by atoms with E-state index in [-0.39, 0.29) is 18.4 Å². The van der Waals surface area contributed by atoms with Gasteiger partial charge in [-0.15, -0.1) is 11.3 Å². The molecule has 5 nitrogen and oxygen atoms in total. The van der Waals surface area contributed by atoms with E-state index in [1.165, 1.54) is 11.3 Å². The quantitative estimate of drug-likeness (QED) is 0.443. The number of rotatable bonds is 10. The third-order valence-electron chi connectivity index (χ3n) is 5.06. The number of aromatic nitrogens is 1. The van der Waals surface area contributed by atoms with Gasteiger partial charge in [-0.25, -0.2) is 4.98 Å². The van der Waals surface area contributed by atoms with Gasteiger partial charge in [0, 0.05) is 17.6 Å². The van der Waals surface area contributed by atoms with E-state index in [0.717, 1.165) is 35.3 Å². The van der Waals surface area contributed by atoms with Gasteiger partial charge in [-0.05, 0) is 24.5 Å². The van der Waals surface area contributed by atoms with Crippen molar-refractivity contribution in [3.05, 3.63) is 82.9 Å². The maximum absolute atomic E-state index is 13.8. The first-order valence-electron chi connectivity index (χ1n) is 10.7. The molecule has 0 atom stereocenters. The summed E-state index contributed by atoms with van der Waals surface area (Å²) in [6, 6.07) is 19.5. The van der Waals surface area contributed by atoms with Gasteiger partial charge in [0.2, 0.25) is 11.8 Å². The van der Waals surface area contributed by atoms with Crippen LogP contribution in [0.1, 0.15) is 48.1 Å². The minimum absolute atomic E-state index is 0.0113. The molecule has 0 aliphatic heterocycles. The number of unbranched alkanes of at least 4 members (excludes halogenated alkanes) is 2. The molecule has 0 fully saturated rings. The van der Waals surface area contributed by atoms with Crippen LogP contribution < -0.4 is 5.32 Å². The van der Waals surface area contributed by atoms with Gasteiger partial charge in [0.15, 0.2) is 5.13 Å². The van der Waals surface area contributed by atoms with E-state index in [0.29, 0.717) is 11.7 Å². The predicted molar refractivity (Wildman–Crippen MR) is 126 cm³/mol. The first-order chi connectivity index (χ1) is 15.1. The van der Waals surface area contributed by atoms with Crippen molar-refractivity contribution in [3.63, 3.8) is 0 Å².